The molecule has 2 unspecified atom stereocenters. The van der Waals surface area contributed by atoms with Crippen molar-refractivity contribution in [2.24, 2.45) is 5.92 Å². The number of nitrogens with zero attached hydrogens (tertiary/aromatic N) is 2. The smallest absolute Gasteiger partial charge is 0.242 e. The zero-order valence-electron chi connectivity index (χ0n) is 20.0. The number of hydrogen-bond acceptors (Lipinski definition) is 4. The SMILES string of the molecule is CCC(=O)N(CC(=O)N1CCc2sccc2C1COc1ccc(C)cc1C)CC(C)CC. The largest absolute Gasteiger partial charge is 0.491 e. The number of carbonyl (C=O) groups excluding carboxylic acids is 2. The maximum Gasteiger partial charge on any atom is 0.242 e. The van der Waals surface area contributed by atoms with Crippen molar-refractivity contribution in [2.75, 3.05) is 26.2 Å². The Morgan fingerprint density at radius 2 is 2.03 bits per heavy atom. The van der Waals surface area contributed by atoms with Crippen molar-refractivity contribution in [1.29, 1.82) is 0 Å². The van der Waals surface area contributed by atoms with E-state index in [1.54, 1.807) is 16.2 Å². The van der Waals surface area contributed by atoms with Crippen LogP contribution in [0.15, 0.2) is 29.6 Å². The molecule has 1 aromatic heterocycles. The third-order valence-electron chi connectivity index (χ3n) is 6.35. The van der Waals surface area contributed by atoms with Crippen molar-refractivity contribution in [3.05, 3.63) is 51.2 Å². The second-order valence-electron chi connectivity index (χ2n) is 8.87. The first-order valence-electron chi connectivity index (χ1n) is 11.7. The van der Waals surface area contributed by atoms with Gasteiger partial charge in [-0.1, -0.05) is 44.9 Å². The molecule has 0 bridgehead atoms. The van der Waals surface area contributed by atoms with Crippen LogP contribution in [0.5, 0.6) is 5.75 Å². The summed E-state index contributed by atoms with van der Waals surface area (Å²) in [5.74, 6) is 1.26. The van der Waals surface area contributed by atoms with Crippen LogP contribution in [0, 0.1) is 19.8 Å². The molecule has 0 saturated carbocycles. The summed E-state index contributed by atoms with van der Waals surface area (Å²) in [4.78, 5) is 31.0. The summed E-state index contributed by atoms with van der Waals surface area (Å²) in [6, 6.07) is 8.13. The number of thiophene rings is 1. The van der Waals surface area contributed by atoms with E-state index in [0.29, 0.717) is 32.0 Å². The summed E-state index contributed by atoms with van der Waals surface area (Å²) >= 11 is 1.75. The van der Waals surface area contributed by atoms with E-state index >= 15 is 0 Å². The number of aryl methyl sites for hydroxylation is 2. The van der Waals surface area contributed by atoms with Gasteiger partial charge >= 0.3 is 0 Å². The van der Waals surface area contributed by atoms with Crippen molar-refractivity contribution in [3.8, 4) is 5.75 Å². The third-order valence-corrected chi connectivity index (χ3v) is 7.35. The zero-order chi connectivity index (χ0) is 23.3. The molecule has 0 fully saturated rings. The van der Waals surface area contributed by atoms with E-state index in [4.69, 9.17) is 4.74 Å². The number of hydrogen-bond donors (Lipinski definition) is 0. The van der Waals surface area contributed by atoms with E-state index in [9.17, 15) is 9.59 Å². The number of benzene rings is 1. The minimum absolute atomic E-state index is 0.00109. The molecule has 2 atom stereocenters. The molecule has 1 aliphatic rings. The molecule has 2 heterocycles. The average molecular weight is 457 g/mol. The quantitative estimate of drug-likeness (QED) is 0.524. The Labute approximate surface area is 196 Å². The molecular formula is C26H36N2O3S. The molecule has 0 N–H and O–H groups in total. The standard InChI is InChI=1S/C26H36N2O3S/c1-6-18(3)15-27(25(29)7-2)16-26(30)28-12-10-24-21(11-13-32-24)22(28)17-31-23-9-8-19(4)14-20(23)5/h8-9,11,13-14,18,22H,6-7,10,12,15-17H2,1-5H3. The second kappa shape index (κ2) is 11.0. The van der Waals surface area contributed by atoms with Gasteiger partial charge in [0.25, 0.3) is 0 Å². The Morgan fingerprint density at radius 3 is 2.72 bits per heavy atom. The molecule has 0 aliphatic carbocycles. The van der Waals surface area contributed by atoms with Gasteiger partial charge in [0, 0.05) is 24.4 Å². The molecule has 32 heavy (non-hydrogen) atoms. The molecule has 1 aromatic carbocycles. The summed E-state index contributed by atoms with van der Waals surface area (Å²) in [5.41, 5.74) is 3.47. The fraction of sp³-hybridized carbons (Fsp3) is 0.538. The summed E-state index contributed by atoms with van der Waals surface area (Å²) in [6.45, 7) is 12.0. The lowest BCUT2D eigenvalue weighted by molar-refractivity contribution is -0.143. The predicted molar refractivity (Wildman–Crippen MR) is 130 cm³/mol. The topological polar surface area (TPSA) is 49.9 Å². The summed E-state index contributed by atoms with van der Waals surface area (Å²) < 4.78 is 6.22. The summed E-state index contributed by atoms with van der Waals surface area (Å²) in [5, 5.41) is 2.10. The number of ether oxygens (including phenoxy) is 1. The monoisotopic (exact) mass is 456 g/mol. The van der Waals surface area contributed by atoms with Crippen molar-refractivity contribution >= 4 is 23.2 Å². The first-order chi connectivity index (χ1) is 15.3. The maximum absolute atomic E-state index is 13.4. The molecule has 6 heteroatoms. The predicted octanol–water partition coefficient (Wildman–Crippen LogP) is 5.15. The van der Waals surface area contributed by atoms with Gasteiger partial charge in [-0.2, -0.15) is 0 Å². The highest BCUT2D eigenvalue weighted by Gasteiger charge is 2.33. The molecular weight excluding hydrogens is 420 g/mol. The lowest BCUT2D eigenvalue weighted by Crippen LogP contribution is -2.48. The van der Waals surface area contributed by atoms with Gasteiger partial charge in [-0.15, -0.1) is 11.3 Å². The molecule has 0 saturated heterocycles. The Hall–Kier alpha value is -2.34. The maximum atomic E-state index is 13.4. The second-order valence-corrected chi connectivity index (χ2v) is 9.87. The van der Waals surface area contributed by atoms with Crippen LogP contribution in [0.25, 0.3) is 0 Å². The fourth-order valence-electron chi connectivity index (χ4n) is 4.24. The summed E-state index contributed by atoms with van der Waals surface area (Å²) in [6.07, 6.45) is 2.25. The van der Waals surface area contributed by atoms with Crippen LogP contribution in [0.3, 0.4) is 0 Å². The van der Waals surface area contributed by atoms with Gasteiger partial charge < -0.3 is 14.5 Å². The molecule has 5 nitrogen and oxygen atoms in total. The van der Waals surface area contributed by atoms with Gasteiger partial charge in [-0.05, 0) is 54.8 Å². The van der Waals surface area contributed by atoms with E-state index in [1.165, 1.54) is 16.0 Å². The van der Waals surface area contributed by atoms with Crippen LogP contribution in [0.1, 0.15) is 61.2 Å². The van der Waals surface area contributed by atoms with Gasteiger partial charge in [0.2, 0.25) is 11.8 Å². The van der Waals surface area contributed by atoms with Gasteiger partial charge in [-0.3, -0.25) is 9.59 Å². The average Bonchev–Trinajstić information content (AvgIpc) is 3.26. The number of rotatable bonds is 9. The Kier molecular flexibility index (Phi) is 8.35. The van der Waals surface area contributed by atoms with Gasteiger partial charge in [0.05, 0.1) is 12.6 Å². The lowest BCUT2D eigenvalue weighted by Gasteiger charge is -2.37. The summed E-state index contributed by atoms with van der Waals surface area (Å²) in [7, 11) is 0. The molecule has 0 radical (unpaired) electrons. The fourth-order valence-corrected chi connectivity index (χ4v) is 5.17. The Bertz CT molecular complexity index is 939. The van der Waals surface area contributed by atoms with Gasteiger partial charge in [0.15, 0.2) is 0 Å². The highest BCUT2D eigenvalue weighted by atomic mass is 32.1. The Balaban J connectivity index is 1.78. The first kappa shape index (κ1) is 24.3. The van der Waals surface area contributed by atoms with Crippen LogP contribution in [-0.4, -0.2) is 47.9 Å². The van der Waals surface area contributed by atoms with E-state index in [2.05, 4.69) is 38.3 Å². The number of carbonyl (C=O) groups is 2. The third kappa shape index (κ3) is 5.71. The van der Waals surface area contributed by atoms with Gasteiger partial charge in [-0.25, -0.2) is 0 Å². The van der Waals surface area contributed by atoms with Crippen LogP contribution in [-0.2, 0) is 16.0 Å². The van der Waals surface area contributed by atoms with Crippen LogP contribution >= 0.6 is 11.3 Å². The van der Waals surface area contributed by atoms with Crippen molar-refractivity contribution in [3.63, 3.8) is 0 Å². The molecule has 0 spiro atoms. The minimum atomic E-state index is -0.139. The number of amides is 2. The minimum Gasteiger partial charge on any atom is -0.491 e. The van der Waals surface area contributed by atoms with E-state index < -0.39 is 0 Å². The van der Waals surface area contributed by atoms with Gasteiger partial charge in [0.1, 0.15) is 12.4 Å². The normalized spacial score (nSPS) is 16.4. The molecule has 2 aromatic rings. The van der Waals surface area contributed by atoms with E-state index in [0.717, 1.165) is 24.2 Å². The highest BCUT2D eigenvalue weighted by Crippen LogP contribution is 2.34. The molecule has 174 valence electrons. The molecule has 1 aliphatic heterocycles. The van der Waals surface area contributed by atoms with Crippen molar-refractivity contribution in [2.45, 2.75) is 59.9 Å². The lowest BCUT2D eigenvalue weighted by atomic mass is 10.00. The van der Waals surface area contributed by atoms with Crippen LogP contribution in [0.4, 0.5) is 0 Å². The van der Waals surface area contributed by atoms with Crippen molar-refractivity contribution < 1.29 is 14.3 Å². The zero-order valence-corrected chi connectivity index (χ0v) is 20.8. The van der Waals surface area contributed by atoms with Crippen molar-refractivity contribution in [1.82, 2.24) is 9.80 Å². The highest BCUT2D eigenvalue weighted by molar-refractivity contribution is 7.10. The Morgan fingerprint density at radius 1 is 1.25 bits per heavy atom. The molecule has 3 rings (SSSR count). The first-order valence-corrected chi connectivity index (χ1v) is 12.6. The van der Waals surface area contributed by atoms with Crippen LogP contribution < -0.4 is 4.74 Å². The van der Waals surface area contributed by atoms with E-state index in [1.807, 2.05) is 30.9 Å². The molecule has 2 amide bonds. The van der Waals surface area contributed by atoms with E-state index in [-0.39, 0.29) is 24.4 Å². The number of fused-ring (bicyclic) bond motifs is 1. The van der Waals surface area contributed by atoms with Crippen LogP contribution in [0.2, 0.25) is 0 Å².